The largest absolute Gasteiger partial charge is 0.447 e. The SMILES string of the molecule is O=C(c1coc(CN2CCN(CC=Cc3ccccc3)CC2)n1)N1C[C@H]2CC[C@H]1C2. The molecule has 2 atom stereocenters. The number of oxazole rings is 1. The Hall–Kier alpha value is -2.44. The van der Waals surface area contributed by atoms with Gasteiger partial charge in [0, 0.05) is 45.3 Å². The van der Waals surface area contributed by atoms with Crippen LogP contribution in [0.5, 0.6) is 0 Å². The molecule has 6 nitrogen and oxygen atoms in total. The van der Waals surface area contributed by atoms with Gasteiger partial charge in [-0.05, 0) is 30.7 Å². The van der Waals surface area contributed by atoms with Crippen LogP contribution in [-0.2, 0) is 6.54 Å². The van der Waals surface area contributed by atoms with Crippen LogP contribution < -0.4 is 0 Å². The lowest BCUT2D eigenvalue weighted by Gasteiger charge is -2.33. The second-order valence-electron chi connectivity index (χ2n) is 8.81. The van der Waals surface area contributed by atoms with Gasteiger partial charge in [0.1, 0.15) is 6.26 Å². The lowest BCUT2D eigenvalue weighted by atomic mass is 10.1. The second kappa shape index (κ2) is 8.74. The fourth-order valence-electron chi connectivity index (χ4n) is 5.03. The van der Waals surface area contributed by atoms with Gasteiger partial charge in [-0.2, -0.15) is 0 Å². The standard InChI is InChI=1S/C24H30N4O2/c29-24(28-16-20-8-9-21(28)15-20)22-18-30-23(25-22)17-27-13-11-26(12-14-27)10-4-7-19-5-2-1-3-6-19/h1-7,18,20-21H,8-17H2/t20-,21-/m0/s1. The lowest BCUT2D eigenvalue weighted by Crippen LogP contribution is -2.45. The number of hydrogen-bond acceptors (Lipinski definition) is 5. The first-order chi connectivity index (χ1) is 14.7. The summed E-state index contributed by atoms with van der Waals surface area (Å²) in [4.78, 5) is 24.1. The zero-order chi connectivity index (χ0) is 20.3. The van der Waals surface area contributed by atoms with Gasteiger partial charge in [-0.1, -0.05) is 42.5 Å². The third-order valence-electron chi connectivity index (χ3n) is 6.74. The Morgan fingerprint density at radius 2 is 1.90 bits per heavy atom. The molecule has 1 aliphatic carbocycles. The molecule has 0 unspecified atom stereocenters. The molecule has 3 fully saturated rings. The van der Waals surface area contributed by atoms with E-state index in [0.717, 1.165) is 45.7 Å². The maximum Gasteiger partial charge on any atom is 0.276 e. The fraction of sp³-hybridized carbons (Fsp3) is 0.500. The van der Waals surface area contributed by atoms with Gasteiger partial charge < -0.3 is 9.32 Å². The lowest BCUT2D eigenvalue weighted by molar-refractivity contribution is 0.0697. The minimum atomic E-state index is 0.0484. The van der Waals surface area contributed by atoms with Crippen LogP contribution in [0.2, 0.25) is 0 Å². The zero-order valence-corrected chi connectivity index (χ0v) is 17.4. The van der Waals surface area contributed by atoms with Gasteiger partial charge in [-0.15, -0.1) is 0 Å². The number of carbonyl (C=O) groups excluding carboxylic acids is 1. The summed E-state index contributed by atoms with van der Waals surface area (Å²) >= 11 is 0. The van der Waals surface area contributed by atoms with E-state index in [0.29, 0.717) is 30.1 Å². The van der Waals surface area contributed by atoms with E-state index in [1.54, 1.807) is 6.26 Å². The molecule has 1 saturated carbocycles. The number of hydrogen-bond donors (Lipinski definition) is 0. The van der Waals surface area contributed by atoms with Crippen molar-refractivity contribution in [1.29, 1.82) is 0 Å². The number of benzene rings is 1. The first-order valence-corrected chi connectivity index (χ1v) is 11.2. The molecule has 2 saturated heterocycles. The Bertz CT molecular complexity index is 886. The number of fused-ring (bicyclic) bond motifs is 2. The highest BCUT2D eigenvalue weighted by Gasteiger charge is 2.41. The summed E-state index contributed by atoms with van der Waals surface area (Å²) in [6, 6.07) is 10.8. The van der Waals surface area contributed by atoms with Crippen LogP contribution in [-0.4, -0.2) is 70.9 Å². The second-order valence-corrected chi connectivity index (χ2v) is 8.81. The summed E-state index contributed by atoms with van der Waals surface area (Å²) in [5.74, 6) is 1.40. The molecule has 2 aromatic rings. The molecule has 1 aromatic heterocycles. The monoisotopic (exact) mass is 406 g/mol. The molecule has 3 aliphatic rings. The predicted octanol–water partition coefficient (Wildman–Crippen LogP) is 3.13. The van der Waals surface area contributed by atoms with Crippen LogP contribution in [0.4, 0.5) is 0 Å². The molecule has 0 spiro atoms. The summed E-state index contributed by atoms with van der Waals surface area (Å²) in [5, 5.41) is 0. The Labute approximate surface area is 178 Å². The van der Waals surface area contributed by atoms with Crippen molar-refractivity contribution in [1.82, 2.24) is 19.7 Å². The molecule has 3 heterocycles. The van der Waals surface area contributed by atoms with Gasteiger partial charge in [-0.3, -0.25) is 14.6 Å². The van der Waals surface area contributed by atoms with Gasteiger partial charge in [0.2, 0.25) is 5.89 Å². The first-order valence-electron chi connectivity index (χ1n) is 11.2. The fourth-order valence-corrected chi connectivity index (χ4v) is 5.03. The van der Waals surface area contributed by atoms with Crippen LogP contribution >= 0.6 is 0 Å². The van der Waals surface area contributed by atoms with Crippen molar-refractivity contribution in [3.63, 3.8) is 0 Å². The number of carbonyl (C=O) groups is 1. The number of aromatic nitrogens is 1. The van der Waals surface area contributed by atoms with E-state index in [-0.39, 0.29) is 5.91 Å². The predicted molar refractivity (Wildman–Crippen MR) is 116 cm³/mol. The Morgan fingerprint density at radius 3 is 2.63 bits per heavy atom. The minimum Gasteiger partial charge on any atom is -0.447 e. The normalized spacial score (nSPS) is 24.9. The number of amides is 1. The van der Waals surface area contributed by atoms with E-state index >= 15 is 0 Å². The third kappa shape index (κ3) is 4.35. The Balaban J connectivity index is 1.08. The Morgan fingerprint density at radius 1 is 1.10 bits per heavy atom. The van der Waals surface area contributed by atoms with E-state index in [1.165, 1.54) is 18.4 Å². The molecule has 5 rings (SSSR count). The summed E-state index contributed by atoms with van der Waals surface area (Å²) in [7, 11) is 0. The van der Waals surface area contributed by atoms with E-state index in [4.69, 9.17) is 4.42 Å². The quantitative estimate of drug-likeness (QED) is 0.738. The highest BCUT2D eigenvalue weighted by atomic mass is 16.3. The van der Waals surface area contributed by atoms with Crippen LogP contribution in [0.1, 0.15) is 41.2 Å². The van der Waals surface area contributed by atoms with E-state index in [9.17, 15) is 4.79 Å². The van der Waals surface area contributed by atoms with Crippen molar-refractivity contribution in [3.05, 3.63) is 59.8 Å². The Kier molecular flexibility index (Phi) is 5.69. The molecule has 6 heteroatoms. The van der Waals surface area contributed by atoms with Crippen molar-refractivity contribution >= 4 is 12.0 Å². The number of nitrogens with zero attached hydrogens (tertiary/aromatic N) is 4. The van der Waals surface area contributed by atoms with Gasteiger partial charge in [0.25, 0.3) is 5.91 Å². The molecule has 1 amide bonds. The highest BCUT2D eigenvalue weighted by molar-refractivity contribution is 5.92. The van der Waals surface area contributed by atoms with Crippen molar-refractivity contribution in [2.24, 2.45) is 5.92 Å². The molecular weight excluding hydrogens is 376 g/mol. The molecule has 1 aromatic carbocycles. The third-order valence-corrected chi connectivity index (χ3v) is 6.74. The summed E-state index contributed by atoms with van der Waals surface area (Å²) in [6.07, 6.45) is 9.56. The van der Waals surface area contributed by atoms with Crippen molar-refractivity contribution in [2.45, 2.75) is 31.8 Å². The summed E-state index contributed by atoms with van der Waals surface area (Å²) < 4.78 is 5.64. The van der Waals surface area contributed by atoms with E-state index in [2.05, 4.69) is 51.2 Å². The molecule has 2 aliphatic heterocycles. The van der Waals surface area contributed by atoms with E-state index in [1.807, 2.05) is 11.0 Å². The minimum absolute atomic E-state index is 0.0484. The molecule has 158 valence electrons. The van der Waals surface area contributed by atoms with Crippen LogP contribution in [0, 0.1) is 5.92 Å². The molecule has 0 N–H and O–H groups in total. The number of piperidine rings is 1. The van der Waals surface area contributed by atoms with Crippen LogP contribution in [0.15, 0.2) is 47.1 Å². The van der Waals surface area contributed by atoms with Crippen molar-refractivity contribution in [2.75, 3.05) is 39.3 Å². The average Bonchev–Trinajstić information content (AvgIpc) is 3.53. The number of piperazine rings is 1. The topological polar surface area (TPSA) is 52.8 Å². The van der Waals surface area contributed by atoms with Gasteiger partial charge in [0.15, 0.2) is 5.69 Å². The van der Waals surface area contributed by atoms with Gasteiger partial charge in [-0.25, -0.2) is 4.98 Å². The molecule has 30 heavy (non-hydrogen) atoms. The maximum absolute atomic E-state index is 12.8. The average molecular weight is 407 g/mol. The van der Waals surface area contributed by atoms with Crippen LogP contribution in [0.3, 0.4) is 0 Å². The van der Waals surface area contributed by atoms with E-state index < -0.39 is 0 Å². The highest BCUT2D eigenvalue weighted by Crippen LogP contribution is 2.38. The summed E-state index contributed by atoms with van der Waals surface area (Å²) in [6.45, 7) is 6.57. The van der Waals surface area contributed by atoms with Crippen molar-refractivity contribution in [3.8, 4) is 0 Å². The van der Waals surface area contributed by atoms with Gasteiger partial charge in [0.05, 0.1) is 6.54 Å². The number of likely N-dealkylation sites (tertiary alicyclic amines) is 1. The van der Waals surface area contributed by atoms with Gasteiger partial charge >= 0.3 is 0 Å². The molecule has 2 bridgehead atoms. The molecule has 0 radical (unpaired) electrons. The van der Waals surface area contributed by atoms with Crippen molar-refractivity contribution < 1.29 is 9.21 Å². The first kappa shape index (κ1) is 19.5. The maximum atomic E-state index is 12.8. The molecular formula is C24H30N4O2. The smallest absolute Gasteiger partial charge is 0.276 e. The zero-order valence-electron chi connectivity index (χ0n) is 17.4. The number of rotatable bonds is 6. The van der Waals surface area contributed by atoms with Crippen LogP contribution in [0.25, 0.3) is 6.08 Å². The summed E-state index contributed by atoms with van der Waals surface area (Å²) in [5.41, 5.74) is 1.72.